The molecule has 0 amide bonds. The predicted octanol–water partition coefficient (Wildman–Crippen LogP) is 4.74. The molecule has 4 aliphatic rings. The first-order chi connectivity index (χ1) is 8.36. The van der Waals surface area contributed by atoms with Crippen LogP contribution in [-0.4, -0.2) is 5.78 Å². The Morgan fingerprint density at radius 3 is 2.17 bits per heavy atom. The molecule has 2 unspecified atom stereocenters. The van der Waals surface area contributed by atoms with E-state index in [0.717, 1.165) is 25.2 Å². The first-order valence-corrected chi connectivity index (χ1v) is 7.88. The maximum atomic E-state index is 12.1. The first kappa shape index (κ1) is 12.7. The van der Waals surface area contributed by atoms with Gasteiger partial charge in [-0.2, -0.15) is 0 Å². The van der Waals surface area contributed by atoms with Crippen LogP contribution in [0.5, 0.6) is 0 Å². The largest absolute Gasteiger partial charge is 0.300 e. The second-order valence-corrected chi connectivity index (χ2v) is 8.60. The summed E-state index contributed by atoms with van der Waals surface area (Å²) in [4.78, 5) is 12.1. The molecular weight excluding hydrogens is 220 g/mol. The number of carbonyl (C=O) groups is 1. The molecule has 0 radical (unpaired) electrons. The van der Waals surface area contributed by atoms with Crippen LogP contribution in [0.25, 0.3) is 0 Å². The van der Waals surface area contributed by atoms with Crippen LogP contribution in [0, 0.1) is 22.2 Å². The molecule has 0 aromatic heterocycles. The van der Waals surface area contributed by atoms with Crippen molar-refractivity contribution in [2.75, 3.05) is 0 Å². The van der Waals surface area contributed by atoms with E-state index < -0.39 is 0 Å². The van der Waals surface area contributed by atoms with Gasteiger partial charge in [-0.25, -0.2) is 0 Å². The molecule has 0 aliphatic heterocycles. The number of carbonyl (C=O) groups excluding carboxylic acids is 1. The minimum Gasteiger partial charge on any atom is -0.300 e. The van der Waals surface area contributed by atoms with Crippen LogP contribution in [0.2, 0.25) is 0 Å². The molecular formula is C17H28O. The minimum atomic E-state index is 0.398. The molecule has 18 heavy (non-hydrogen) atoms. The lowest BCUT2D eigenvalue weighted by Crippen LogP contribution is -2.55. The van der Waals surface area contributed by atoms with Crippen LogP contribution in [-0.2, 0) is 4.79 Å². The molecule has 0 heterocycles. The zero-order valence-corrected chi connectivity index (χ0v) is 12.3. The lowest BCUT2D eigenvalue weighted by Gasteiger charge is -2.65. The van der Waals surface area contributed by atoms with Gasteiger partial charge in [-0.05, 0) is 67.1 Å². The average Bonchev–Trinajstić information content (AvgIpc) is 2.09. The van der Waals surface area contributed by atoms with Gasteiger partial charge < -0.3 is 0 Å². The third-order valence-corrected chi connectivity index (χ3v) is 5.84. The molecule has 1 heteroatoms. The van der Waals surface area contributed by atoms with Crippen molar-refractivity contribution in [1.82, 2.24) is 0 Å². The van der Waals surface area contributed by atoms with Crippen LogP contribution in [0.15, 0.2) is 0 Å². The van der Waals surface area contributed by atoms with Crippen molar-refractivity contribution < 1.29 is 4.79 Å². The molecule has 4 aliphatic carbocycles. The zero-order chi connectivity index (χ0) is 13.0. The standard InChI is InChI=1S/C17H28O/c1-4-5-14(18)9-17-8-13-6-15(2,11-17)10-16(3,7-13)12-17/h13H,4-12H2,1-3H3. The molecule has 0 saturated heterocycles. The van der Waals surface area contributed by atoms with Crippen LogP contribution < -0.4 is 0 Å². The number of hydrogen-bond acceptors (Lipinski definition) is 1. The molecule has 0 aromatic carbocycles. The van der Waals surface area contributed by atoms with Crippen molar-refractivity contribution in [2.24, 2.45) is 22.2 Å². The Kier molecular flexibility index (Phi) is 2.70. The molecule has 0 N–H and O–H groups in total. The van der Waals surface area contributed by atoms with E-state index in [1.807, 2.05) is 0 Å². The normalized spacial score (nSPS) is 49.6. The second-order valence-electron chi connectivity index (χ2n) is 8.60. The molecule has 2 atom stereocenters. The SMILES string of the molecule is CCCC(=O)CC12CC3CC(C)(CC(C)(C3)C1)C2. The van der Waals surface area contributed by atoms with Crippen LogP contribution in [0.3, 0.4) is 0 Å². The number of Topliss-reactive ketones (excluding diaryl/α,β-unsaturated/α-hetero) is 1. The summed E-state index contributed by atoms with van der Waals surface area (Å²) in [7, 11) is 0. The van der Waals surface area contributed by atoms with Crippen molar-refractivity contribution in [2.45, 2.75) is 78.6 Å². The molecule has 102 valence electrons. The third kappa shape index (κ3) is 2.04. The molecule has 0 aromatic rings. The van der Waals surface area contributed by atoms with Gasteiger partial charge in [0, 0.05) is 12.8 Å². The highest BCUT2D eigenvalue weighted by atomic mass is 16.1. The van der Waals surface area contributed by atoms with Gasteiger partial charge in [-0.1, -0.05) is 20.8 Å². The third-order valence-electron chi connectivity index (χ3n) is 5.84. The van der Waals surface area contributed by atoms with E-state index in [1.54, 1.807) is 0 Å². The van der Waals surface area contributed by atoms with Crippen LogP contribution in [0.4, 0.5) is 0 Å². The van der Waals surface area contributed by atoms with E-state index in [0.29, 0.717) is 22.0 Å². The smallest absolute Gasteiger partial charge is 0.133 e. The van der Waals surface area contributed by atoms with E-state index in [1.165, 1.54) is 38.5 Å². The minimum absolute atomic E-state index is 0.398. The van der Waals surface area contributed by atoms with Gasteiger partial charge in [0.15, 0.2) is 0 Å². The Labute approximate surface area is 112 Å². The topological polar surface area (TPSA) is 17.1 Å². The van der Waals surface area contributed by atoms with Crippen LogP contribution in [0.1, 0.15) is 78.6 Å². The predicted molar refractivity (Wildman–Crippen MR) is 74.4 cm³/mol. The Morgan fingerprint density at radius 2 is 1.67 bits per heavy atom. The van der Waals surface area contributed by atoms with Gasteiger partial charge in [0.25, 0.3) is 0 Å². The van der Waals surface area contributed by atoms with Crippen molar-refractivity contribution in [1.29, 1.82) is 0 Å². The van der Waals surface area contributed by atoms with E-state index in [-0.39, 0.29) is 0 Å². The Hall–Kier alpha value is -0.330. The molecule has 1 nitrogen and oxygen atoms in total. The maximum absolute atomic E-state index is 12.1. The van der Waals surface area contributed by atoms with Gasteiger partial charge in [-0.15, -0.1) is 0 Å². The van der Waals surface area contributed by atoms with E-state index in [2.05, 4.69) is 20.8 Å². The number of ketones is 1. The fourth-order valence-corrected chi connectivity index (χ4v) is 6.67. The lowest BCUT2D eigenvalue weighted by atomic mass is 9.39. The average molecular weight is 248 g/mol. The molecule has 4 bridgehead atoms. The first-order valence-electron chi connectivity index (χ1n) is 7.88. The van der Waals surface area contributed by atoms with Gasteiger partial charge in [-0.3, -0.25) is 4.79 Å². The molecule has 4 fully saturated rings. The highest BCUT2D eigenvalue weighted by molar-refractivity contribution is 5.79. The summed E-state index contributed by atoms with van der Waals surface area (Å²) in [6.45, 7) is 7.11. The van der Waals surface area contributed by atoms with Gasteiger partial charge in [0.05, 0.1) is 0 Å². The zero-order valence-electron chi connectivity index (χ0n) is 12.3. The molecule has 4 saturated carbocycles. The maximum Gasteiger partial charge on any atom is 0.133 e. The number of rotatable bonds is 4. The summed E-state index contributed by atoms with van der Waals surface area (Å²) in [5.74, 6) is 1.46. The van der Waals surface area contributed by atoms with Gasteiger partial charge >= 0.3 is 0 Å². The van der Waals surface area contributed by atoms with Crippen molar-refractivity contribution in [3.8, 4) is 0 Å². The molecule has 4 rings (SSSR count). The summed E-state index contributed by atoms with van der Waals surface area (Å²) in [6, 6.07) is 0. The quantitative estimate of drug-likeness (QED) is 0.702. The Bertz CT molecular complexity index is 352. The van der Waals surface area contributed by atoms with Crippen molar-refractivity contribution in [3.05, 3.63) is 0 Å². The van der Waals surface area contributed by atoms with E-state index >= 15 is 0 Å². The van der Waals surface area contributed by atoms with Gasteiger partial charge in [0.1, 0.15) is 5.78 Å². The summed E-state index contributed by atoms with van der Waals surface area (Å²) >= 11 is 0. The summed E-state index contributed by atoms with van der Waals surface area (Å²) in [5.41, 5.74) is 1.51. The van der Waals surface area contributed by atoms with Crippen molar-refractivity contribution >= 4 is 5.78 Å². The lowest BCUT2D eigenvalue weighted by molar-refractivity contribution is -0.155. The van der Waals surface area contributed by atoms with Gasteiger partial charge in [0.2, 0.25) is 0 Å². The van der Waals surface area contributed by atoms with Crippen LogP contribution >= 0.6 is 0 Å². The van der Waals surface area contributed by atoms with E-state index in [4.69, 9.17) is 0 Å². The highest BCUT2D eigenvalue weighted by Crippen LogP contribution is 2.70. The monoisotopic (exact) mass is 248 g/mol. The Balaban J connectivity index is 1.82. The summed E-state index contributed by atoms with van der Waals surface area (Å²) < 4.78 is 0. The van der Waals surface area contributed by atoms with E-state index in [9.17, 15) is 4.79 Å². The molecule has 0 spiro atoms. The second kappa shape index (κ2) is 3.84. The Morgan fingerprint density at radius 1 is 1.06 bits per heavy atom. The number of hydrogen-bond donors (Lipinski definition) is 0. The summed E-state index contributed by atoms with van der Waals surface area (Å²) in [6.07, 6.45) is 11.0. The fourth-order valence-electron chi connectivity index (χ4n) is 6.67. The fraction of sp³-hybridized carbons (Fsp3) is 0.941. The highest BCUT2D eigenvalue weighted by Gasteiger charge is 2.60. The summed E-state index contributed by atoms with van der Waals surface area (Å²) in [5, 5.41) is 0. The van der Waals surface area contributed by atoms with Crippen molar-refractivity contribution in [3.63, 3.8) is 0 Å².